The third kappa shape index (κ3) is 4.65. The van der Waals surface area contributed by atoms with Crippen molar-refractivity contribution in [3.05, 3.63) is 71.8 Å². The molecule has 2 aliphatic rings. The number of nitrogens with zero attached hydrogens (tertiary/aromatic N) is 1. The summed E-state index contributed by atoms with van der Waals surface area (Å²) in [7, 11) is 0. The fourth-order valence-corrected chi connectivity index (χ4v) is 4.72. The molecule has 162 valence electrons. The summed E-state index contributed by atoms with van der Waals surface area (Å²) >= 11 is 1.34. The molecular weight excluding hydrogens is 421 g/mol. The lowest BCUT2D eigenvalue weighted by molar-refractivity contribution is -0.174. The van der Waals surface area contributed by atoms with Gasteiger partial charge in [-0.05, 0) is 38.1 Å². The van der Waals surface area contributed by atoms with Crippen LogP contribution in [0.2, 0.25) is 0 Å². The molecule has 4 rings (SSSR count). The number of hydrogen-bond donors (Lipinski definition) is 0. The monoisotopic (exact) mass is 443 g/mol. The molecule has 0 bridgehead atoms. The molecule has 1 saturated heterocycles. The third-order valence-electron chi connectivity index (χ3n) is 5.13. The zero-order valence-electron chi connectivity index (χ0n) is 17.0. The van der Waals surface area contributed by atoms with Crippen LogP contribution < -0.4 is 0 Å². The molecule has 6 nitrogen and oxygen atoms in total. The van der Waals surface area contributed by atoms with E-state index in [1.807, 2.05) is 0 Å². The zero-order chi connectivity index (χ0) is 22.0. The van der Waals surface area contributed by atoms with Gasteiger partial charge in [-0.25, -0.2) is 14.0 Å². The molecular formula is C23H22FNO5S. The second kappa shape index (κ2) is 9.20. The van der Waals surface area contributed by atoms with Crippen molar-refractivity contribution in [3.8, 4) is 0 Å². The molecule has 6 atom stereocenters. The number of aliphatic imine (C=N–C) groups is 1. The minimum Gasteiger partial charge on any atom is -0.452 e. The second-order valence-electron chi connectivity index (χ2n) is 7.38. The number of ether oxygens (including phenoxy) is 3. The maximum Gasteiger partial charge on any atom is 0.338 e. The van der Waals surface area contributed by atoms with E-state index in [4.69, 9.17) is 14.2 Å². The molecule has 0 saturated carbocycles. The first kappa shape index (κ1) is 21.5. The van der Waals surface area contributed by atoms with Crippen LogP contribution in [-0.4, -0.2) is 52.9 Å². The molecule has 0 spiro atoms. The van der Waals surface area contributed by atoms with Gasteiger partial charge < -0.3 is 14.2 Å². The Kier molecular flexibility index (Phi) is 6.38. The molecule has 2 aromatic rings. The third-order valence-corrected chi connectivity index (χ3v) is 6.20. The summed E-state index contributed by atoms with van der Waals surface area (Å²) in [6, 6.07) is 16.2. The zero-order valence-corrected chi connectivity index (χ0v) is 17.8. The maximum absolute atomic E-state index is 14.6. The molecule has 0 radical (unpaired) electrons. The normalized spacial score (nSPS) is 28.2. The van der Waals surface area contributed by atoms with Crippen LogP contribution in [0.1, 0.15) is 34.6 Å². The lowest BCUT2D eigenvalue weighted by atomic mass is 9.95. The summed E-state index contributed by atoms with van der Waals surface area (Å²) in [5.41, 5.74) is 0.127. The van der Waals surface area contributed by atoms with Gasteiger partial charge in [-0.2, -0.15) is 0 Å². The summed E-state index contributed by atoms with van der Waals surface area (Å²) in [6.07, 6.45) is -4.71. The van der Waals surface area contributed by atoms with E-state index >= 15 is 0 Å². The number of alkyl halides is 1. The Labute approximate surface area is 183 Å². The lowest BCUT2D eigenvalue weighted by Crippen LogP contribution is -2.60. The Morgan fingerprint density at radius 3 is 2.00 bits per heavy atom. The Balaban J connectivity index is 1.65. The largest absolute Gasteiger partial charge is 0.452 e. The van der Waals surface area contributed by atoms with Crippen molar-refractivity contribution in [2.75, 3.05) is 0 Å². The van der Waals surface area contributed by atoms with Crippen molar-refractivity contribution < 1.29 is 28.2 Å². The minimum absolute atomic E-state index is 0.309. The predicted octanol–water partition coefficient (Wildman–Crippen LogP) is 4.05. The number of carbonyl (C=O) groups excluding carboxylic acids is 2. The smallest absolute Gasteiger partial charge is 0.338 e. The fourth-order valence-electron chi connectivity index (χ4n) is 3.66. The van der Waals surface area contributed by atoms with Crippen LogP contribution in [-0.2, 0) is 14.2 Å². The number of hydrogen-bond acceptors (Lipinski definition) is 7. The van der Waals surface area contributed by atoms with Crippen LogP contribution in [0, 0.1) is 0 Å². The first-order chi connectivity index (χ1) is 14.9. The highest BCUT2D eigenvalue weighted by Crippen LogP contribution is 2.40. The molecule has 0 amide bonds. The number of carbonyl (C=O) groups is 2. The average molecular weight is 443 g/mol. The van der Waals surface area contributed by atoms with Gasteiger partial charge in [0.2, 0.25) is 0 Å². The topological polar surface area (TPSA) is 74.2 Å². The molecule has 2 aromatic carbocycles. The van der Waals surface area contributed by atoms with Gasteiger partial charge in [0.1, 0.15) is 23.8 Å². The van der Waals surface area contributed by atoms with Gasteiger partial charge >= 0.3 is 11.9 Å². The van der Waals surface area contributed by atoms with Crippen molar-refractivity contribution in [1.82, 2.24) is 0 Å². The quantitative estimate of drug-likeness (QED) is 0.649. The Morgan fingerprint density at radius 2 is 1.48 bits per heavy atom. The van der Waals surface area contributed by atoms with E-state index in [0.717, 1.165) is 5.04 Å². The van der Waals surface area contributed by atoms with Crippen LogP contribution in [0.15, 0.2) is 65.7 Å². The van der Waals surface area contributed by atoms with E-state index in [1.54, 1.807) is 67.6 Å². The van der Waals surface area contributed by atoms with E-state index in [1.165, 1.54) is 18.7 Å². The molecule has 2 heterocycles. The summed E-state index contributed by atoms with van der Waals surface area (Å²) in [4.78, 5) is 30.1. The van der Waals surface area contributed by atoms with Crippen LogP contribution in [0.25, 0.3) is 0 Å². The van der Waals surface area contributed by atoms with Gasteiger partial charge in [-0.1, -0.05) is 48.2 Å². The SMILES string of the molecule is CC1=N[C@H]2[C@H](O[C@H](C(C)F)C(OC(=O)c3ccccc3)[C@@H]2OC(=O)c2ccccc2)S1. The van der Waals surface area contributed by atoms with E-state index in [0.29, 0.717) is 11.1 Å². The van der Waals surface area contributed by atoms with E-state index in [2.05, 4.69) is 4.99 Å². The van der Waals surface area contributed by atoms with E-state index < -0.39 is 47.9 Å². The molecule has 8 heteroatoms. The number of esters is 2. The molecule has 0 aliphatic carbocycles. The van der Waals surface area contributed by atoms with Gasteiger partial charge in [0, 0.05) is 0 Å². The van der Waals surface area contributed by atoms with Crippen LogP contribution in [0.3, 0.4) is 0 Å². The highest BCUT2D eigenvalue weighted by Gasteiger charge is 2.54. The Hall–Kier alpha value is -2.71. The summed E-state index contributed by atoms with van der Waals surface area (Å²) in [6.45, 7) is 3.14. The van der Waals surface area contributed by atoms with Crippen LogP contribution >= 0.6 is 11.8 Å². The Bertz CT molecular complexity index is 968. The van der Waals surface area contributed by atoms with Gasteiger partial charge in [0.15, 0.2) is 12.2 Å². The molecule has 2 aliphatic heterocycles. The predicted molar refractivity (Wildman–Crippen MR) is 115 cm³/mol. The lowest BCUT2D eigenvalue weighted by Gasteiger charge is -2.42. The van der Waals surface area contributed by atoms with Crippen LogP contribution in [0.5, 0.6) is 0 Å². The van der Waals surface area contributed by atoms with Gasteiger partial charge in [-0.3, -0.25) is 4.99 Å². The number of thioether (sulfide) groups is 1. The molecule has 1 fully saturated rings. The number of halogens is 1. The van der Waals surface area contributed by atoms with Crippen molar-refractivity contribution in [2.45, 2.75) is 49.8 Å². The fraction of sp³-hybridized carbons (Fsp3) is 0.348. The highest BCUT2D eigenvalue weighted by atomic mass is 32.2. The van der Waals surface area contributed by atoms with Crippen LogP contribution in [0.4, 0.5) is 4.39 Å². The summed E-state index contributed by atoms with van der Waals surface area (Å²) in [5, 5.41) is 0.732. The minimum atomic E-state index is -1.46. The first-order valence-electron chi connectivity index (χ1n) is 9.96. The van der Waals surface area contributed by atoms with Gasteiger partial charge in [0.25, 0.3) is 0 Å². The Morgan fingerprint density at radius 1 is 0.968 bits per heavy atom. The van der Waals surface area contributed by atoms with Crippen molar-refractivity contribution in [1.29, 1.82) is 0 Å². The number of rotatable bonds is 5. The van der Waals surface area contributed by atoms with Gasteiger partial charge in [0.05, 0.1) is 16.2 Å². The van der Waals surface area contributed by atoms with Crippen molar-refractivity contribution in [2.24, 2.45) is 4.99 Å². The van der Waals surface area contributed by atoms with Gasteiger partial charge in [-0.15, -0.1) is 0 Å². The number of fused-ring (bicyclic) bond motifs is 1. The van der Waals surface area contributed by atoms with E-state index in [9.17, 15) is 14.0 Å². The first-order valence-corrected chi connectivity index (χ1v) is 10.8. The number of benzene rings is 2. The molecule has 0 aromatic heterocycles. The standard InChI is InChI=1S/C23H22FNO5S/c1-13(24)18-20(29-22(27)16-11-7-4-8-12-16)19(17-23(30-18)31-14(2)25-17)28-21(26)15-9-5-3-6-10-15/h3-13,17-20,23H,1-2H3/t13?,17-,18-,19-,20?,23-/m1/s1. The molecule has 2 unspecified atom stereocenters. The molecule has 31 heavy (non-hydrogen) atoms. The summed E-state index contributed by atoms with van der Waals surface area (Å²) in [5.74, 6) is -1.24. The molecule has 0 N–H and O–H groups in total. The maximum atomic E-state index is 14.6. The van der Waals surface area contributed by atoms with Crippen molar-refractivity contribution in [3.63, 3.8) is 0 Å². The average Bonchev–Trinajstić information content (AvgIpc) is 3.16. The second-order valence-corrected chi connectivity index (χ2v) is 8.67. The van der Waals surface area contributed by atoms with E-state index in [-0.39, 0.29) is 0 Å². The highest BCUT2D eigenvalue weighted by molar-refractivity contribution is 8.14. The summed E-state index contributed by atoms with van der Waals surface area (Å²) < 4.78 is 32.0. The van der Waals surface area contributed by atoms with Crippen molar-refractivity contribution >= 4 is 28.7 Å².